The molecule has 0 fully saturated rings. The molecule has 0 amide bonds. The van der Waals surface area contributed by atoms with Crippen molar-refractivity contribution >= 4 is 35.0 Å². The van der Waals surface area contributed by atoms with Crippen LogP contribution in [0, 0.1) is 0 Å². The van der Waals surface area contributed by atoms with Crippen LogP contribution in [0.25, 0.3) is 6.08 Å². The zero-order valence-electron chi connectivity index (χ0n) is 13.2. The van der Waals surface area contributed by atoms with Gasteiger partial charge in [0.05, 0.1) is 5.41 Å². The normalized spacial score (nSPS) is 23.6. The third kappa shape index (κ3) is 1.88. The quantitative estimate of drug-likeness (QED) is 0.622. The van der Waals surface area contributed by atoms with Gasteiger partial charge in [0, 0.05) is 28.3 Å². The Labute approximate surface area is 146 Å². The van der Waals surface area contributed by atoms with E-state index >= 15 is 0 Å². The van der Waals surface area contributed by atoms with E-state index in [-0.39, 0.29) is 5.41 Å². The fourth-order valence-electron chi connectivity index (χ4n) is 3.75. The van der Waals surface area contributed by atoms with Crippen molar-refractivity contribution in [1.29, 1.82) is 0 Å². The second kappa shape index (κ2) is 4.68. The molecular weight excluding hydrogens is 329 g/mol. The highest BCUT2D eigenvalue weighted by molar-refractivity contribution is 6.31. The number of fused-ring (bicyclic) bond motifs is 2. The molecule has 4 rings (SSSR count). The average Bonchev–Trinajstić information content (AvgIpc) is 2.66. The fourth-order valence-corrected chi connectivity index (χ4v) is 4.08. The number of benzene rings is 2. The number of likely N-dealkylation sites (N-methyl/N-ethyl adjacent to an activating group) is 1. The van der Waals surface area contributed by atoms with Gasteiger partial charge in [-0.3, -0.25) is 0 Å². The third-order valence-corrected chi connectivity index (χ3v) is 5.59. The molecule has 2 aromatic rings. The first kappa shape index (κ1) is 14.9. The van der Waals surface area contributed by atoms with Crippen LogP contribution in [0.2, 0.25) is 10.0 Å². The van der Waals surface area contributed by atoms with Gasteiger partial charge in [-0.1, -0.05) is 23.2 Å². The Hall–Kier alpha value is -1.64. The van der Waals surface area contributed by atoms with E-state index in [1.54, 1.807) is 0 Å². The standard InChI is InChI=1S/C19H17Cl2NO/c1-18(2)15-10-13(20)6-7-16(15)22(3)19(18)9-8-12-4-5-14(21)11-17(12)23-19/h4-11H,1-3H3. The summed E-state index contributed by atoms with van der Waals surface area (Å²) in [4.78, 5) is 2.18. The first-order valence-corrected chi connectivity index (χ1v) is 8.32. The molecule has 118 valence electrons. The van der Waals surface area contributed by atoms with Crippen molar-refractivity contribution in [3.8, 4) is 5.75 Å². The summed E-state index contributed by atoms with van der Waals surface area (Å²) in [6.45, 7) is 4.37. The molecule has 4 heteroatoms. The Balaban J connectivity index is 1.90. The van der Waals surface area contributed by atoms with E-state index in [0.717, 1.165) is 22.0 Å². The maximum atomic E-state index is 6.52. The lowest BCUT2D eigenvalue weighted by Crippen LogP contribution is -2.58. The number of hydrogen-bond acceptors (Lipinski definition) is 2. The molecule has 2 aliphatic heterocycles. The van der Waals surface area contributed by atoms with Gasteiger partial charge in [-0.15, -0.1) is 0 Å². The van der Waals surface area contributed by atoms with Crippen molar-refractivity contribution < 1.29 is 4.74 Å². The van der Waals surface area contributed by atoms with Crippen LogP contribution < -0.4 is 9.64 Å². The Kier molecular flexibility index (Phi) is 3.04. The molecule has 0 aromatic heterocycles. The monoisotopic (exact) mass is 345 g/mol. The Morgan fingerprint density at radius 3 is 2.48 bits per heavy atom. The number of hydrogen-bond donors (Lipinski definition) is 0. The number of halogens is 2. The van der Waals surface area contributed by atoms with Crippen LogP contribution in [0.15, 0.2) is 42.5 Å². The Morgan fingerprint density at radius 1 is 1.00 bits per heavy atom. The van der Waals surface area contributed by atoms with Crippen LogP contribution in [0.5, 0.6) is 5.75 Å². The van der Waals surface area contributed by atoms with Crippen LogP contribution in [0.4, 0.5) is 5.69 Å². The number of ether oxygens (including phenoxy) is 1. The van der Waals surface area contributed by atoms with Crippen LogP contribution in [0.3, 0.4) is 0 Å². The lowest BCUT2D eigenvalue weighted by atomic mass is 9.76. The van der Waals surface area contributed by atoms with E-state index in [9.17, 15) is 0 Å². The van der Waals surface area contributed by atoms with E-state index < -0.39 is 5.72 Å². The molecule has 2 nitrogen and oxygen atoms in total. The van der Waals surface area contributed by atoms with Crippen LogP contribution in [0.1, 0.15) is 25.0 Å². The van der Waals surface area contributed by atoms with Crippen molar-refractivity contribution in [2.45, 2.75) is 25.0 Å². The highest BCUT2D eigenvalue weighted by Crippen LogP contribution is 2.54. The second-order valence-corrected chi connectivity index (χ2v) is 7.53. The lowest BCUT2D eigenvalue weighted by Gasteiger charge is -2.45. The summed E-state index contributed by atoms with van der Waals surface area (Å²) < 4.78 is 6.52. The highest BCUT2D eigenvalue weighted by Gasteiger charge is 2.57. The molecule has 2 aliphatic rings. The summed E-state index contributed by atoms with van der Waals surface area (Å²) >= 11 is 12.4. The molecule has 2 heterocycles. The van der Waals surface area contributed by atoms with Crippen LogP contribution in [-0.2, 0) is 5.41 Å². The number of anilines is 1. The van der Waals surface area contributed by atoms with Crippen LogP contribution >= 0.6 is 23.2 Å². The largest absolute Gasteiger partial charge is 0.463 e. The minimum absolute atomic E-state index is 0.265. The molecule has 2 aromatic carbocycles. The van der Waals surface area contributed by atoms with E-state index in [4.69, 9.17) is 27.9 Å². The van der Waals surface area contributed by atoms with Crippen molar-refractivity contribution in [3.63, 3.8) is 0 Å². The average molecular weight is 346 g/mol. The zero-order chi connectivity index (χ0) is 16.4. The van der Waals surface area contributed by atoms with Gasteiger partial charge in [0.1, 0.15) is 5.75 Å². The molecule has 0 N–H and O–H groups in total. The minimum atomic E-state index is -0.600. The maximum absolute atomic E-state index is 6.52. The molecule has 23 heavy (non-hydrogen) atoms. The maximum Gasteiger partial charge on any atom is 0.211 e. The van der Waals surface area contributed by atoms with Crippen molar-refractivity contribution in [1.82, 2.24) is 0 Å². The molecule has 0 saturated heterocycles. The first-order chi connectivity index (χ1) is 10.8. The van der Waals surface area contributed by atoms with E-state index in [0.29, 0.717) is 5.02 Å². The topological polar surface area (TPSA) is 12.5 Å². The van der Waals surface area contributed by atoms with E-state index in [1.165, 1.54) is 5.56 Å². The summed E-state index contributed by atoms with van der Waals surface area (Å²) in [5.74, 6) is 0.804. The van der Waals surface area contributed by atoms with E-state index in [1.807, 2.05) is 30.3 Å². The van der Waals surface area contributed by atoms with Crippen molar-refractivity contribution in [2.24, 2.45) is 0 Å². The number of nitrogens with zero attached hydrogens (tertiary/aromatic N) is 1. The Morgan fingerprint density at radius 2 is 1.70 bits per heavy atom. The van der Waals surface area contributed by atoms with Gasteiger partial charge in [0.25, 0.3) is 0 Å². The molecule has 0 bridgehead atoms. The Bertz CT molecular complexity index is 843. The molecule has 0 aliphatic carbocycles. The molecule has 1 atom stereocenters. The van der Waals surface area contributed by atoms with Gasteiger partial charge in [0.2, 0.25) is 5.72 Å². The van der Waals surface area contributed by atoms with Gasteiger partial charge in [-0.05, 0) is 68.0 Å². The van der Waals surface area contributed by atoms with Gasteiger partial charge in [-0.2, -0.15) is 0 Å². The van der Waals surface area contributed by atoms with Crippen molar-refractivity contribution in [3.05, 3.63) is 63.6 Å². The SMILES string of the molecule is CN1c2ccc(Cl)cc2C(C)(C)C12C=Cc1ccc(Cl)cc1O2. The molecular formula is C19H17Cl2NO. The number of rotatable bonds is 0. The molecule has 0 saturated carbocycles. The van der Waals surface area contributed by atoms with Gasteiger partial charge >= 0.3 is 0 Å². The fraction of sp³-hybridized carbons (Fsp3) is 0.263. The predicted octanol–water partition coefficient (Wildman–Crippen LogP) is 5.52. The van der Waals surface area contributed by atoms with Gasteiger partial charge in [-0.25, -0.2) is 0 Å². The first-order valence-electron chi connectivity index (χ1n) is 7.57. The summed E-state index contributed by atoms with van der Waals surface area (Å²) in [6, 6.07) is 11.7. The van der Waals surface area contributed by atoms with Crippen molar-refractivity contribution in [2.75, 3.05) is 11.9 Å². The van der Waals surface area contributed by atoms with E-state index in [2.05, 4.69) is 44.0 Å². The predicted molar refractivity (Wildman–Crippen MR) is 96.7 cm³/mol. The highest BCUT2D eigenvalue weighted by atomic mass is 35.5. The summed E-state index contributed by atoms with van der Waals surface area (Å²) in [6.07, 6.45) is 4.25. The molecule has 1 unspecified atom stereocenters. The zero-order valence-corrected chi connectivity index (χ0v) is 14.7. The second-order valence-electron chi connectivity index (χ2n) is 6.66. The lowest BCUT2D eigenvalue weighted by molar-refractivity contribution is 0.0582. The van der Waals surface area contributed by atoms with Gasteiger partial charge < -0.3 is 9.64 Å². The molecule has 0 radical (unpaired) electrons. The summed E-state index contributed by atoms with van der Waals surface area (Å²) in [5.41, 5.74) is 2.49. The molecule has 1 spiro atoms. The summed E-state index contributed by atoms with van der Waals surface area (Å²) in [5, 5.41) is 1.42. The minimum Gasteiger partial charge on any atom is -0.463 e. The van der Waals surface area contributed by atoms with Gasteiger partial charge in [0.15, 0.2) is 0 Å². The van der Waals surface area contributed by atoms with Crippen LogP contribution in [-0.4, -0.2) is 12.8 Å². The summed E-state index contributed by atoms with van der Waals surface area (Å²) in [7, 11) is 2.06. The third-order valence-electron chi connectivity index (χ3n) is 5.12. The smallest absolute Gasteiger partial charge is 0.211 e.